The first-order valence-electron chi connectivity index (χ1n) is 11.1. The van der Waals surface area contributed by atoms with E-state index in [0.717, 1.165) is 11.1 Å². The quantitative estimate of drug-likeness (QED) is 0.506. The van der Waals surface area contributed by atoms with E-state index in [1.807, 2.05) is 6.07 Å². The summed E-state index contributed by atoms with van der Waals surface area (Å²) in [7, 11) is -2.31. The highest BCUT2D eigenvalue weighted by Gasteiger charge is 2.39. The lowest BCUT2D eigenvalue weighted by molar-refractivity contribution is -0.122. The molecule has 5 rings (SSSR count). The summed E-state index contributed by atoms with van der Waals surface area (Å²) in [6.07, 6.45) is 0. The van der Waals surface area contributed by atoms with Crippen LogP contribution >= 0.6 is 0 Å². The van der Waals surface area contributed by atoms with E-state index in [4.69, 9.17) is 9.47 Å². The first-order chi connectivity index (χ1) is 16.9. The Balaban J connectivity index is 1.30. The highest BCUT2D eigenvalue weighted by atomic mass is 32.2. The van der Waals surface area contributed by atoms with Gasteiger partial charge in [-0.2, -0.15) is 9.30 Å². The molecule has 2 aromatic rings. The summed E-state index contributed by atoms with van der Waals surface area (Å²) in [5, 5.41) is 2.41. The van der Waals surface area contributed by atoms with Crippen LogP contribution in [0.5, 0.6) is 11.5 Å². The normalized spacial score (nSPS) is 18.0. The molecule has 1 N–H and O–H groups in total. The predicted molar refractivity (Wildman–Crippen MR) is 127 cm³/mol. The zero-order valence-electron chi connectivity index (χ0n) is 19.1. The second-order valence-corrected chi connectivity index (χ2v) is 10.3. The number of hydrogen-bond acceptors (Lipinski definition) is 6. The van der Waals surface area contributed by atoms with Crippen molar-refractivity contribution in [3.8, 4) is 11.5 Å². The summed E-state index contributed by atoms with van der Waals surface area (Å²) in [5.41, 5.74) is 2.35. The van der Waals surface area contributed by atoms with Crippen molar-refractivity contribution in [1.82, 2.24) is 14.5 Å². The molecule has 0 radical (unpaired) electrons. The number of amides is 3. The number of sulfonamides is 1. The first kappa shape index (κ1) is 23.1. The Bertz CT molecular complexity index is 1340. The fraction of sp³-hybridized carbons (Fsp3) is 0.292. The van der Waals surface area contributed by atoms with Crippen molar-refractivity contribution >= 4 is 27.7 Å². The molecule has 3 aliphatic heterocycles. The molecule has 11 heteroatoms. The van der Waals surface area contributed by atoms with Crippen molar-refractivity contribution < 1.29 is 27.5 Å². The maximum Gasteiger partial charge on any atom is 0.341 e. The Morgan fingerprint density at radius 3 is 2.23 bits per heavy atom. The van der Waals surface area contributed by atoms with Gasteiger partial charge in [0.15, 0.2) is 11.5 Å². The second-order valence-electron chi connectivity index (χ2n) is 8.33. The minimum Gasteiger partial charge on any atom is -0.486 e. The van der Waals surface area contributed by atoms with Gasteiger partial charge in [-0.15, -0.1) is 0 Å². The van der Waals surface area contributed by atoms with Gasteiger partial charge in [-0.25, -0.2) is 13.2 Å². The summed E-state index contributed by atoms with van der Waals surface area (Å²) in [6, 6.07) is 12.8. The summed E-state index contributed by atoms with van der Waals surface area (Å²) in [5.74, 6) is 0.562. The highest BCUT2D eigenvalue weighted by Crippen LogP contribution is 2.35. The van der Waals surface area contributed by atoms with E-state index in [0.29, 0.717) is 30.3 Å². The van der Waals surface area contributed by atoms with Gasteiger partial charge in [0.25, 0.3) is 5.91 Å². The molecule has 3 amide bonds. The second kappa shape index (κ2) is 9.16. The van der Waals surface area contributed by atoms with Gasteiger partial charge in [-0.1, -0.05) is 30.3 Å². The van der Waals surface area contributed by atoms with Gasteiger partial charge in [-0.05, 0) is 23.3 Å². The number of nitrogens with zero attached hydrogens (tertiary/aromatic N) is 3. The van der Waals surface area contributed by atoms with Crippen LogP contribution in [0.1, 0.15) is 5.56 Å². The molecule has 0 spiro atoms. The van der Waals surface area contributed by atoms with E-state index in [1.54, 1.807) is 35.2 Å². The van der Waals surface area contributed by atoms with Crippen LogP contribution in [0.15, 0.2) is 69.6 Å². The van der Waals surface area contributed by atoms with Gasteiger partial charge in [0.2, 0.25) is 10.0 Å². The number of fused-ring (bicyclic) bond motifs is 1. The number of aliphatic imine (C=N–C) groups is 1. The number of ether oxygens (including phenoxy) is 2. The molecule has 35 heavy (non-hydrogen) atoms. The number of hydrogen-bond donors (Lipinski definition) is 1. The van der Waals surface area contributed by atoms with E-state index in [9.17, 15) is 18.0 Å². The lowest BCUT2D eigenvalue weighted by atomic mass is 10.1. The zero-order chi connectivity index (χ0) is 24.6. The van der Waals surface area contributed by atoms with E-state index >= 15 is 0 Å². The first-order valence-corrected chi connectivity index (χ1v) is 12.6. The number of benzene rings is 2. The van der Waals surface area contributed by atoms with Crippen molar-refractivity contribution in [2.45, 2.75) is 4.90 Å². The molecule has 0 saturated carbocycles. The van der Waals surface area contributed by atoms with Gasteiger partial charge in [0, 0.05) is 44.9 Å². The smallest absolute Gasteiger partial charge is 0.341 e. The van der Waals surface area contributed by atoms with E-state index in [-0.39, 0.29) is 42.7 Å². The van der Waals surface area contributed by atoms with Crippen molar-refractivity contribution in [2.75, 3.05) is 46.4 Å². The predicted octanol–water partition coefficient (Wildman–Crippen LogP) is 1.43. The molecule has 0 atom stereocenters. The largest absolute Gasteiger partial charge is 0.486 e. The Morgan fingerprint density at radius 2 is 1.57 bits per heavy atom. The van der Waals surface area contributed by atoms with Crippen LogP contribution < -0.4 is 14.8 Å². The molecule has 0 aliphatic carbocycles. The van der Waals surface area contributed by atoms with Crippen molar-refractivity contribution in [2.24, 2.45) is 4.99 Å². The molecular weight excluding hydrogens is 472 g/mol. The molecule has 182 valence electrons. The number of nitrogens with one attached hydrogen (secondary N) is 1. The van der Waals surface area contributed by atoms with Gasteiger partial charge in [0.05, 0.1) is 4.90 Å². The van der Waals surface area contributed by atoms with Crippen LogP contribution in [0.3, 0.4) is 0 Å². The molecule has 0 bridgehead atoms. The number of carbonyl (C=O) groups excluding carboxylic acids is 2. The molecule has 0 saturated heterocycles. The molecule has 2 aromatic carbocycles. The van der Waals surface area contributed by atoms with Gasteiger partial charge in [0.1, 0.15) is 18.9 Å². The van der Waals surface area contributed by atoms with Crippen LogP contribution in [0, 0.1) is 0 Å². The van der Waals surface area contributed by atoms with Crippen LogP contribution in [0.4, 0.5) is 4.79 Å². The topological polar surface area (TPSA) is 118 Å². The Kier molecular flexibility index (Phi) is 6.03. The monoisotopic (exact) mass is 496 g/mol. The lowest BCUT2D eigenvalue weighted by Crippen LogP contribution is -2.40. The van der Waals surface area contributed by atoms with Gasteiger partial charge < -0.3 is 19.7 Å². The van der Waals surface area contributed by atoms with Crippen LogP contribution in [0.25, 0.3) is 0 Å². The van der Waals surface area contributed by atoms with Crippen molar-refractivity contribution in [3.63, 3.8) is 0 Å². The van der Waals surface area contributed by atoms with Crippen molar-refractivity contribution in [3.05, 3.63) is 65.2 Å². The standard InChI is InChI=1S/C24H24N4O6S/c1-25-24(30)26-22(16-5-3-2-4-6-16)23(29)27-12-17-14-28(15-18(17)13-27)35(31,32)19-7-8-20-21(11-19)34-10-9-33-20/h2-8,11H,9-10,12-15H2,1H3,(H,25,30)/b26-22+. The van der Waals surface area contributed by atoms with Crippen LogP contribution in [-0.2, 0) is 14.8 Å². The SMILES string of the molecule is CNC(=O)/N=C(/C(=O)N1CC2=C(C1)CN(S(=O)(=O)c1ccc3c(c1)OCCO3)C2)c1ccccc1. The Morgan fingerprint density at radius 1 is 0.914 bits per heavy atom. The third kappa shape index (κ3) is 4.40. The summed E-state index contributed by atoms with van der Waals surface area (Å²) in [6.45, 7) is 1.75. The highest BCUT2D eigenvalue weighted by molar-refractivity contribution is 7.89. The molecule has 0 fully saturated rings. The van der Waals surface area contributed by atoms with Crippen molar-refractivity contribution in [1.29, 1.82) is 0 Å². The molecule has 0 unspecified atom stereocenters. The molecule has 3 aliphatic rings. The summed E-state index contributed by atoms with van der Waals surface area (Å²) >= 11 is 0. The average molecular weight is 497 g/mol. The maximum atomic E-state index is 13.3. The van der Waals surface area contributed by atoms with Crippen LogP contribution in [0.2, 0.25) is 0 Å². The van der Waals surface area contributed by atoms with Gasteiger partial charge >= 0.3 is 6.03 Å². The van der Waals surface area contributed by atoms with Gasteiger partial charge in [-0.3, -0.25) is 4.79 Å². The number of urea groups is 1. The third-order valence-corrected chi connectivity index (χ3v) is 7.90. The minimum absolute atomic E-state index is 0.0480. The third-order valence-electron chi connectivity index (χ3n) is 6.11. The zero-order valence-corrected chi connectivity index (χ0v) is 19.9. The van der Waals surface area contributed by atoms with E-state index in [1.165, 1.54) is 23.5 Å². The molecule has 3 heterocycles. The minimum atomic E-state index is -3.75. The van der Waals surface area contributed by atoms with Crippen LogP contribution in [-0.4, -0.2) is 81.7 Å². The lowest BCUT2D eigenvalue weighted by Gasteiger charge is -2.24. The summed E-state index contributed by atoms with van der Waals surface area (Å²) in [4.78, 5) is 30.9. The molecule has 10 nitrogen and oxygen atoms in total. The van der Waals surface area contributed by atoms with E-state index < -0.39 is 16.1 Å². The summed E-state index contributed by atoms with van der Waals surface area (Å²) < 4.78 is 39.0. The molecular formula is C24H24N4O6S. The maximum absolute atomic E-state index is 13.3. The Hall–Kier alpha value is -3.70. The fourth-order valence-electron chi connectivity index (χ4n) is 4.33. The fourth-order valence-corrected chi connectivity index (χ4v) is 5.78. The molecule has 0 aromatic heterocycles. The Labute approximate surface area is 202 Å². The van der Waals surface area contributed by atoms with E-state index in [2.05, 4.69) is 10.3 Å². The number of carbonyl (C=O) groups is 2. The average Bonchev–Trinajstić information content (AvgIpc) is 3.47. The number of rotatable bonds is 4.